The minimum atomic E-state index is -0.128. The number of ether oxygens (including phenoxy) is 2. The lowest BCUT2D eigenvalue weighted by atomic mass is 10.00. The van der Waals surface area contributed by atoms with Crippen LogP contribution in [0.3, 0.4) is 0 Å². The van der Waals surface area contributed by atoms with Crippen molar-refractivity contribution in [2.24, 2.45) is 0 Å². The summed E-state index contributed by atoms with van der Waals surface area (Å²) in [7, 11) is 21.4. The smallest absolute Gasteiger partial charge is 0.143 e. The first-order valence-electron chi connectivity index (χ1n) is 24.6. The van der Waals surface area contributed by atoms with E-state index in [0.717, 1.165) is 129 Å². The number of rotatable bonds is 6. The maximum atomic E-state index is 6.33. The molecule has 10 aromatic rings. The molecule has 0 radical (unpaired) electrons. The topological polar surface area (TPSA) is 215 Å². The van der Waals surface area contributed by atoms with Crippen molar-refractivity contribution in [2.75, 3.05) is 20.0 Å². The fourth-order valence-electron chi connectivity index (χ4n) is 9.09. The Kier molecular flexibility index (Phi) is 24.3. The molecule has 0 amide bonds. The Hall–Kier alpha value is -4.41. The Labute approximate surface area is 528 Å². The van der Waals surface area contributed by atoms with Gasteiger partial charge in [-0.25, -0.2) is 24.6 Å². The van der Waals surface area contributed by atoms with Crippen molar-refractivity contribution in [1.29, 1.82) is 0 Å². The van der Waals surface area contributed by atoms with Gasteiger partial charge in [-0.15, -0.1) is 0 Å². The van der Waals surface area contributed by atoms with Crippen LogP contribution in [0, 0.1) is 55.4 Å². The van der Waals surface area contributed by atoms with E-state index in [9.17, 15) is 0 Å². The number of aryl methyl sites for hydroxylation is 8. The highest BCUT2D eigenvalue weighted by Gasteiger charge is 2.25. The summed E-state index contributed by atoms with van der Waals surface area (Å²) >= 11 is 15.7. The van der Waals surface area contributed by atoms with Gasteiger partial charge in [0, 0.05) is 177 Å². The molecule has 0 aliphatic carbocycles. The summed E-state index contributed by atoms with van der Waals surface area (Å²) < 4.78 is 26.1. The molecule has 0 spiro atoms. The van der Waals surface area contributed by atoms with E-state index in [1.807, 2.05) is 78.3 Å². The maximum Gasteiger partial charge on any atom is 0.143 e. The Morgan fingerprint density at radius 1 is 0.578 bits per heavy atom. The molecule has 446 valence electrons. The predicted molar refractivity (Wildman–Crippen MR) is 374 cm³/mol. The summed E-state index contributed by atoms with van der Waals surface area (Å²) in [6, 6.07) is 12.1. The molecule has 0 aliphatic rings. The lowest BCUT2D eigenvalue weighted by Gasteiger charge is -2.22. The van der Waals surface area contributed by atoms with Crippen LogP contribution < -0.4 is 15.2 Å². The second kappa shape index (κ2) is 29.8. The number of nitrogens with two attached hydrogens (primary N) is 1. The summed E-state index contributed by atoms with van der Waals surface area (Å²) in [5.74, 6) is 5.06. The molecule has 0 fully saturated rings. The van der Waals surface area contributed by atoms with Crippen LogP contribution in [0.25, 0.3) is 66.1 Å². The fraction of sp³-hybridized carbons (Fsp3) is 0.385. The maximum absolute atomic E-state index is 6.33. The van der Waals surface area contributed by atoms with Crippen molar-refractivity contribution in [3.8, 4) is 33.8 Å². The number of hydrogen-bond donors (Lipinski definition) is 3. The van der Waals surface area contributed by atoms with Gasteiger partial charge >= 0.3 is 0 Å². The van der Waals surface area contributed by atoms with Gasteiger partial charge in [0.2, 0.25) is 0 Å². The van der Waals surface area contributed by atoms with Crippen LogP contribution in [0.4, 0.5) is 5.82 Å². The first-order valence-corrected chi connectivity index (χ1v) is 41.0. The van der Waals surface area contributed by atoms with Gasteiger partial charge in [0.1, 0.15) is 56.9 Å². The lowest BCUT2D eigenvalue weighted by Crippen LogP contribution is -2.25. The Balaban J connectivity index is 0.000000196. The third-order valence-electron chi connectivity index (χ3n) is 12.1. The van der Waals surface area contributed by atoms with Crippen LogP contribution in [0.2, 0.25) is 5.15 Å². The number of nitrogen functional groups attached to an aromatic ring is 1. The molecule has 31 heteroatoms. The number of fused-ring (bicyclic) bond motifs is 6. The Bertz CT molecular complexity index is 4490. The van der Waals surface area contributed by atoms with Crippen LogP contribution in [0.1, 0.15) is 106 Å². The molecule has 0 saturated heterocycles. The van der Waals surface area contributed by atoms with Gasteiger partial charge in [0.25, 0.3) is 0 Å². The van der Waals surface area contributed by atoms with Gasteiger partial charge in [-0.1, -0.05) is 29.3 Å². The van der Waals surface area contributed by atoms with Crippen LogP contribution in [0.5, 0.6) is 11.5 Å². The quantitative estimate of drug-likeness (QED) is 0.132. The number of aromatic nitrogens is 12. The molecular weight excluding hydrogens is 1320 g/mol. The van der Waals surface area contributed by atoms with Crippen molar-refractivity contribution in [3.05, 3.63) is 98.9 Å². The summed E-state index contributed by atoms with van der Waals surface area (Å²) in [5.41, 5.74) is 18.4. The van der Waals surface area contributed by atoms with Gasteiger partial charge in [0.15, 0.2) is 0 Å². The second-order valence-electron chi connectivity index (χ2n) is 20.1. The third-order valence-corrected chi connectivity index (χ3v) is 34.6. The number of benzene rings is 2. The highest BCUT2D eigenvalue weighted by molar-refractivity contribution is 8.75. The highest BCUT2D eigenvalue weighted by Crippen LogP contribution is 2.42. The highest BCUT2D eigenvalue weighted by atomic mass is 35.5. The number of nitrogens with zero attached hydrogens (tertiary/aromatic N) is 10. The molecule has 8 aromatic heterocycles. The van der Waals surface area contributed by atoms with Crippen molar-refractivity contribution in [2.45, 2.75) is 122 Å². The number of methoxy groups -OCH3 is 2. The second-order valence-corrected chi connectivity index (χ2v) is 40.0. The average molecular weight is 1390 g/mol. The zero-order chi connectivity index (χ0) is 59.8. The molecule has 0 saturated carbocycles. The molecule has 0 atom stereocenters. The SMILES string of the molecule is C.COc1cc2c(cc1-c1c(C)noc1C)[nH]c1nc(C)nc(Cc3cc(C)nn3C(C)(C)C)c12.COc1cc2c(cc1-c1c(C)noc1C)[nH]c1nc(C)nc(Cl)c12.Cc1cc(N)n(C(C)(C)C)n1.S=S=S=S=S=S=S=S=S=S=S=S=S. The standard InChI is InChI=1S/C26H30N6O2.C17H15ClN4O2.C8H15N3.CH4.S13/c1-13-9-17(32(30-13)26(5,6)7)10-21-24-18-12-22(33-8)19(23-14(2)31-34-15(23)3)11-20(18)29-25(24)28-16(4)27-21;1-7-14(8(2)24-22-7)11-5-12-10(6-13(11)23-4)15-16(18)19-9(3)20-17(15)21-12;1-6-5-7(9)11(10-6)8(2,3)4;;1-3-5-7-9-11-13-12-10-8-6-4-2/h9,11-12H,10H2,1-8H3,(H,27,28,29);5-6H,1-4H3,(H,19,20,21);5H,9H2,1-4H3;1H4;. The zero-order valence-electron chi connectivity index (χ0n) is 47.5. The number of hydrogen-bond acceptors (Lipinski definition) is 15. The van der Waals surface area contributed by atoms with E-state index >= 15 is 0 Å². The molecule has 0 aliphatic heterocycles. The monoisotopic (exact) mass is 1390 g/mol. The summed E-state index contributed by atoms with van der Waals surface area (Å²) in [4.78, 5) is 25.1. The lowest BCUT2D eigenvalue weighted by molar-refractivity contribution is 0.344. The number of aromatic amines is 2. The molecule has 0 unspecified atom stereocenters. The molecule has 4 N–H and O–H groups in total. The number of nitrogens with one attached hydrogen (secondary N) is 2. The summed E-state index contributed by atoms with van der Waals surface area (Å²) in [5, 5.41) is 21.3. The minimum absolute atomic E-state index is 0. The van der Waals surface area contributed by atoms with Gasteiger partial charge in [-0.3, -0.25) is 4.68 Å². The fourth-order valence-corrected chi connectivity index (χ4v) is 34.1. The zero-order valence-corrected chi connectivity index (χ0v) is 58.9. The third kappa shape index (κ3) is 16.6. The molecule has 10 rings (SSSR count). The van der Waals surface area contributed by atoms with E-state index < -0.39 is 0 Å². The van der Waals surface area contributed by atoms with Crippen LogP contribution in [-0.2, 0) is 138 Å². The van der Waals surface area contributed by atoms with Crippen LogP contribution in [0.15, 0.2) is 45.4 Å². The van der Waals surface area contributed by atoms with Crippen LogP contribution >= 0.6 is 11.6 Å². The van der Waals surface area contributed by atoms with Gasteiger partial charge in [-0.05, 0) is 127 Å². The van der Waals surface area contributed by atoms with Gasteiger partial charge in [-0.2, -0.15) is 10.2 Å². The van der Waals surface area contributed by atoms with E-state index in [1.54, 1.807) is 94.1 Å². The molecule has 0 bridgehead atoms. The van der Waals surface area contributed by atoms with Gasteiger partial charge in [0.05, 0.1) is 70.3 Å². The normalized spacial score (nSPS) is 11.0. The summed E-state index contributed by atoms with van der Waals surface area (Å²) in [6.45, 7) is 28.1. The van der Waals surface area contributed by atoms with Crippen molar-refractivity contribution < 1.29 is 18.5 Å². The van der Waals surface area contributed by atoms with Crippen molar-refractivity contribution >= 4 is 181 Å². The first kappa shape index (κ1) is 67.7. The Morgan fingerprint density at radius 2 is 1.00 bits per heavy atom. The molecule has 17 nitrogen and oxygen atoms in total. The number of halogens is 1. The van der Waals surface area contributed by atoms with E-state index in [0.29, 0.717) is 23.0 Å². The average Bonchev–Trinajstić information content (AvgIpc) is 2.28. The number of anilines is 1. The van der Waals surface area contributed by atoms with Crippen LogP contribution in [-0.4, -0.2) is 74.0 Å². The molecule has 83 heavy (non-hydrogen) atoms. The molecular formula is C52H64ClN13O4S13. The summed E-state index contributed by atoms with van der Waals surface area (Å²) in [6.07, 6.45) is 0.652. The Morgan fingerprint density at radius 3 is 1.40 bits per heavy atom. The first-order chi connectivity index (χ1) is 38.9. The molecule has 2 aromatic carbocycles. The van der Waals surface area contributed by atoms with Gasteiger partial charge < -0.3 is 34.2 Å². The predicted octanol–water partition coefficient (Wildman–Crippen LogP) is 12.0. The van der Waals surface area contributed by atoms with Crippen molar-refractivity contribution in [1.82, 2.24) is 59.8 Å². The van der Waals surface area contributed by atoms with E-state index in [-0.39, 0.29) is 18.5 Å². The minimum Gasteiger partial charge on any atom is -0.496 e. The van der Waals surface area contributed by atoms with Crippen molar-refractivity contribution in [3.63, 3.8) is 0 Å². The van der Waals surface area contributed by atoms with E-state index in [2.05, 4.69) is 99.8 Å². The molecule has 8 heterocycles. The van der Waals surface area contributed by atoms with E-state index in [4.69, 9.17) is 73.3 Å². The van der Waals surface area contributed by atoms with E-state index in [1.165, 1.54) is 17.8 Å². The largest absolute Gasteiger partial charge is 0.496 e. The number of H-pyrrole nitrogens is 2.